The highest BCUT2D eigenvalue weighted by molar-refractivity contribution is 6.04. The summed E-state index contributed by atoms with van der Waals surface area (Å²) >= 11 is 0. The molecule has 0 aromatic carbocycles. The van der Waals surface area contributed by atoms with Crippen molar-refractivity contribution in [2.24, 2.45) is 0 Å². The minimum Gasteiger partial charge on any atom is -0.394 e. The van der Waals surface area contributed by atoms with Crippen molar-refractivity contribution in [3.63, 3.8) is 0 Å². The second-order valence-electron chi connectivity index (χ2n) is 10.00. The number of nitriles is 1. The molecule has 0 radical (unpaired) electrons. The lowest BCUT2D eigenvalue weighted by molar-refractivity contribution is -0.137. The van der Waals surface area contributed by atoms with Gasteiger partial charge in [-0.1, -0.05) is 0 Å². The quantitative estimate of drug-likeness (QED) is 0.499. The van der Waals surface area contributed by atoms with Gasteiger partial charge in [-0.15, -0.1) is 0 Å². The van der Waals surface area contributed by atoms with Gasteiger partial charge in [0.05, 0.1) is 53.3 Å². The van der Waals surface area contributed by atoms with Gasteiger partial charge in [-0.3, -0.25) is 14.7 Å². The zero-order valence-corrected chi connectivity index (χ0v) is 21.2. The number of nitrogens with zero attached hydrogens (tertiary/aromatic N) is 6. The number of aromatic nitrogens is 4. The third-order valence-electron chi connectivity index (χ3n) is 7.13. The molecule has 1 aliphatic heterocycles. The smallest absolute Gasteiger partial charge is 0.394 e. The summed E-state index contributed by atoms with van der Waals surface area (Å²) in [7, 11) is 0. The molecule has 200 valence electrons. The summed E-state index contributed by atoms with van der Waals surface area (Å²) in [4.78, 5) is 23.4. The third-order valence-corrected chi connectivity index (χ3v) is 7.13. The second-order valence-corrected chi connectivity index (χ2v) is 10.00. The lowest BCUT2D eigenvalue weighted by atomic mass is 9.75. The summed E-state index contributed by atoms with van der Waals surface area (Å²) in [6, 6.07) is 7.93. The molecule has 0 unspecified atom stereocenters. The number of carbonyl (C=O) groups is 1. The van der Waals surface area contributed by atoms with Gasteiger partial charge >= 0.3 is 6.18 Å². The lowest BCUT2D eigenvalue weighted by Gasteiger charge is -2.44. The number of nitrogens with one attached hydrogen (secondary N) is 1. The Hall–Kier alpha value is -3.82. The van der Waals surface area contributed by atoms with Gasteiger partial charge in [-0.2, -0.15) is 23.5 Å². The molecule has 0 atom stereocenters. The van der Waals surface area contributed by atoms with Gasteiger partial charge in [-0.05, 0) is 57.9 Å². The number of alkyl halides is 3. The van der Waals surface area contributed by atoms with E-state index in [2.05, 4.69) is 31.4 Å². The van der Waals surface area contributed by atoms with E-state index >= 15 is 0 Å². The number of hydrogen-bond acceptors (Lipinski definition) is 7. The molecule has 4 heterocycles. The molecule has 3 aromatic rings. The molecule has 1 aliphatic rings. The molecule has 0 spiro atoms. The summed E-state index contributed by atoms with van der Waals surface area (Å²) < 4.78 is 39.7. The van der Waals surface area contributed by atoms with Gasteiger partial charge in [0.2, 0.25) is 0 Å². The van der Waals surface area contributed by atoms with E-state index in [1.165, 1.54) is 23.1 Å². The fourth-order valence-corrected chi connectivity index (χ4v) is 4.51. The third kappa shape index (κ3) is 5.25. The first-order valence-corrected chi connectivity index (χ1v) is 12.0. The molecular weight excluding hydrogens is 499 g/mol. The molecular formula is C26H28F3N7O2. The average molecular weight is 528 g/mol. The number of likely N-dealkylation sites (tertiary alicyclic amines) is 1. The number of aliphatic hydroxyl groups excluding tert-OH is 1. The van der Waals surface area contributed by atoms with Crippen LogP contribution in [-0.4, -0.2) is 60.9 Å². The lowest BCUT2D eigenvalue weighted by Crippen LogP contribution is -2.53. The molecule has 12 heteroatoms. The van der Waals surface area contributed by atoms with Gasteiger partial charge in [0.25, 0.3) is 5.91 Å². The number of halogens is 3. The zero-order chi connectivity index (χ0) is 27.7. The van der Waals surface area contributed by atoms with Crippen molar-refractivity contribution in [2.75, 3.05) is 25.0 Å². The van der Waals surface area contributed by atoms with E-state index in [0.29, 0.717) is 43.0 Å². The Morgan fingerprint density at radius 2 is 1.84 bits per heavy atom. The van der Waals surface area contributed by atoms with Crippen molar-refractivity contribution in [3.8, 4) is 11.9 Å². The van der Waals surface area contributed by atoms with Gasteiger partial charge < -0.3 is 10.4 Å². The van der Waals surface area contributed by atoms with Crippen LogP contribution in [0.2, 0.25) is 0 Å². The van der Waals surface area contributed by atoms with Crippen LogP contribution >= 0.6 is 0 Å². The number of aliphatic hydroxyl groups is 1. The Labute approximate surface area is 217 Å². The summed E-state index contributed by atoms with van der Waals surface area (Å²) in [5.74, 6) is -0.319. The van der Waals surface area contributed by atoms with E-state index in [4.69, 9.17) is 0 Å². The van der Waals surface area contributed by atoms with E-state index in [-0.39, 0.29) is 23.5 Å². The number of hydrogen-bond donors (Lipinski definition) is 2. The van der Waals surface area contributed by atoms with Crippen LogP contribution in [0.25, 0.3) is 5.82 Å². The Morgan fingerprint density at radius 1 is 1.13 bits per heavy atom. The molecule has 9 nitrogen and oxygen atoms in total. The highest BCUT2D eigenvalue weighted by atomic mass is 19.4. The summed E-state index contributed by atoms with van der Waals surface area (Å²) in [6.07, 6.45) is 0.171. The predicted octanol–water partition coefficient (Wildman–Crippen LogP) is 3.87. The van der Waals surface area contributed by atoms with E-state index < -0.39 is 23.1 Å². The van der Waals surface area contributed by atoms with Crippen LogP contribution in [0.5, 0.6) is 0 Å². The Bertz CT molecular complexity index is 1340. The van der Waals surface area contributed by atoms with Crippen molar-refractivity contribution in [1.29, 1.82) is 5.26 Å². The van der Waals surface area contributed by atoms with Crippen LogP contribution < -0.4 is 5.32 Å². The summed E-state index contributed by atoms with van der Waals surface area (Å²) in [5.41, 5.74) is -0.321. The predicted molar refractivity (Wildman–Crippen MR) is 133 cm³/mol. The minimum absolute atomic E-state index is 0.0262. The maximum absolute atomic E-state index is 12.9. The summed E-state index contributed by atoms with van der Waals surface area (Å²) in [5, 5.41) is 26.5. The number of piperidine rings is 1. The first kappa shape index (κ1) is 27.2. The number of carbonyl (C=O) groups excluding carboxylic acids is 1. The SMILES string of the molecule is Cc1c(C(=O)Nc2ccc(C3(C#N)CCN(C(C)(C)CO)CC3)nc2)cnn1-c1ccc(C(F)(F)F)cn1. The van der Waals surface area contributed by atoms with Crippen LogP contribution in [0.4, 0.5) is 18.9 Å². The number of pyridine rings is 2. The Balaban J connectivity index is 1.45. The Morgan fingerprint density at radius 3 is 2.37 bits per heavy atom. The molecule has 1 fully saturated rings. The van der Waals surface area contributed by atoms with Gasteiger partial charge in [0.1, 0.15) is 5.41 Å². The largest absolute Gasteiger partial charge is 0.417 e. The van der Waals surface area contributed by atoms with Crippen LogP contribution in [0.1, 0.15) is 54.0 Å². The van der Waals surface area contributed by atoms with Crippen molar-refractivity contribution in [3.05, 3.63) is 65.4 Å². The molecule has 1 saturated heterocycles. The number of rotatable bonds is 6. The van der Waals surface area contributed by atoms with Crippen molar-refractivity contribution in [2.45, 2.75) is 50.7 Å². The highest BCUT2D eigenvalue weighted by Gasteiger charge is 2.41. The number of anilines is 1. The van der Waals surface area contributed by atoms with Crippen molar-refractivity contribution in [1.82, 2.24) is 24.6 Å². The van der Waals surface area contributed by atoms with Gasteiger partial charge in [0, 0.05) is 24.8 Å². The minimum atomic E-state index is -4.50. The molecule has 4 rings (SSSR count). The Kier molecular flexibility index (Phi) is 7.27. The van der Waals surface area contributed by atoms with Crippen molar-refractivity contribution >= 4 is 11.6 Å². The van der Waals surface area contributed by atoms with E-state index in [0.717, 1.165) is 12.3 Å². The molecule has 3 aromatic heterocycles. The topological polar surface area (TPSA) is 120 Å². The molecule has 1 amide bonds. The van der Waals surface area contributed by atoms with Crippen LogP contribution in [0, 0.1) is 18.3 Å². The van der Waals surface area contributed by atoms with Crippen LogP contribution in [0.15, 0.2) is 42.9 Å². The van der Waals surface area contributed by atoms with Gasteiger partial charge in [0.15, 0.2) is 5.82 Å². The first-order chi connectivity index (χ1) is 17.9. The van der Waals surface area contributed by atoms with Gasteiger partial charge in [-0.25, -0.2) is 9.67 Å². The second kappa shape index (κ2) is 10.2. The monoisotopic (exact) mass is 527 g/mol. The molecule has 0 saturated carbocycles. The standard InChI is InChI=1S/C26H28F3N7O2/c1-17-20(14-33-36(17)22-7-4-18(12-32-22)26(27,28)29)23(38)34-19-5-6-21(31-13-19)25(15-30)8-10-35(11-9-25)24(2,3)16-37/h4-7,12-14,37H,8-11,16H2,1-3H3,(H,34,38). The van der Waals surface area contributed by atoms with E-state index in [1.54, 1.807) is 19.1 Å². The molecule has 0 aliphatic carbocycles. The van der Waals surface area contributed by atoms with Crippen molar-refractivity contribution < 1.29 is 23.1 Å². The fourth-order valence-electron chi connectivity index (χ4n) is 4.51. The summed E-state index contributed by atoms with van der Waals surface area (Å²) in [6.45, 7) is 6.87. The first-order valence-electron chi connectivity index (χ1n) is 12.0. The van der Waals surface area contributed by atoms with Crippen LogP contribution in [-0.2, 0) is 11.6 Å². The van der Waals surface area contributed by atoms with E-state index in [9.17, 15) is 28.3 Å². The molecule has 0 bridgehead atoms. The van der Waals surface area contributed by atoms with Crippen LogP contribution in [0.3, 0.4) is 0 Å². The molecule has 2 N–H and O–H groups in total. The maximum Gasteiger partial charge on any atom is 0.417 e. The highest BCUT2D eigenvalue weighted by Crippen LogP contribution is 2.36. The maximum atomic E-state index is 12.9. The average Bonchev–Trinajstić information content (AvgIpc) is 3.30. The zero-order valence-electron chi connectivity index (χ0n) is 21.2. The molecule has 38 heavy (non-hydrogen) atoms. The van der Waals surface area contributed by atoms with E-state index in [1.807, 2.05) is 13.8 Å². The normalized spacial score (nSPS) is 16.2. The fraction of sp³-hybridized carbons (Fsp3) is 0.423. The number of amides is 1.